The predicted octanol–water partition coefficient (Wildman–Crippen LogP) is 2.31. The summed E-state index contributed by atoms with van der Waals surface area (Å²) in [5.74, 6) is 1.23. The Bertz CT molecular complexity index is 517. The number of carbonyl (C=O) groups excluding carboxylic acids is 2. The van der Waals surface area contributed by atoms with Gasteiger partial charge in [0.15, 0.2) is 0 Å². The molecule has 1 atom stereocenters. The third kappa shape index (κ3) is 5.30. The first-order valence-electron chi connectivity index (χ1n) is 6.94. The molecule has 0 heterocycles. The van der Waals surface area contributed by atoms with Crippen LogP contribution in [0.5, 0.6) is 5.75 Å². The molecule has 1 aromatic carbocycles. The van der Waals surface area contributed by atoms with Gasteiger partial charge in [-0.05, 0) is 37.5 Å². The Morgan fingerprint density at radius 3 is 2.86 bits per heavy atom. The van der Waals surface area contributed by atoms with E-state index in [-0.39, 0.29) is 17.2 Å². The van der Waals surface area contributed by atoms with Gasteiger partial charge < -0.3 is 10.1 Å². The number of hydrogen-bond donors (Lipinski definition) is 2. The highest BCUT2D eigenvalue weighted by Crippen LogP contribution is 2.21. The topological polar surface area (TPSA) is 67.4 Å². The summed E-state index contributed by atoms with van der Waals surface area (Å²) in [4.78, 5) is 23.4. The Kier molecular flexibility index (Phi) is 5.50. The molecule has 1 aliphatic carbocycles. The van der Waals surface area contributed by atoms with Crippen molar-refractivity contribution in [1.82, 2.24) is 10.6 Å². The molecule has 0 radical (unpaired) electrons. The van der Waals surface area contributed by atoms with Crippen LogP contribution in [0.1, 0.15) is 25.3 Å². The standard InChI is InChI=1S/C15H20N2O3S/c1-10(14(18)17-15(19)16-12-6-7-12)21-9-11-4-3-5-13(8-11)20-2/h3-5,8,10,12H,6-7,9H2,1-2H3,(H2,16,17,18,19). The summed E-state index contributed by atoms with van der Waals surface area (Å²) in [5, 5.41) is 4.82. The van der Waals surface area contributed by atoms with E-state index in [1.165, 1.54) is 11.8 Å². The number of rotatable bonds is 6. The molecule has 21 heavy (non-hydrogen) atoms. The van der Waals surface area contributed by atoms with Gasteiger partial charge in [-0.1, -0.05) is 12.1 Å². The van der Waals surface area contributed by atoms with Crippen LogP contribution in [0.25, 0.3) is 0 Å². The van der Waals surface area contributed by atoms with E-state index in [1.54, 1.807) is 14.0 Å². The fraction of sp³-hybridized carbons (Fsp3) is 0.467. The molecular formula is C15H20N2O3S. The minimum absolute atomic E-state index is 0.248. The van der Waals surface area contributed by atoms with Gasteiger partial charge in [0.2, 0.25) is 5.91 Å². The number of methoxy groups -OCH3 is 1. The summed E-state index contributed by atoms with van der Waals surface area (Å²) >= 11 is 1.49. The lowest BCUT2D eigenvalue weighted by atomic mass is 10.2. The monoisotopic (exact) mass is 308 g/mol. The highest BCUT2D eigenvalue weighted by Gasteiger charge is 2.25. The molecule has 3 amide bonds. The molecule has 1 aliphatic rings. The van der Waals surface area contributed by atoms with Gasteiger partial charge in [-0.3, -0.25) is 10.1 Å². The quantitative estimate of drug-likeness (QED) is 0.846. The maximum Gasteiger partial charge on any atom is 0.321 e. The number of benzene rings is 1. The van der Waals surface area contributed by atoms with E-state index < -0.39 is 6.03 Å². The van der Waals surface area contributed by atoms with Crippen LogP contribution in [-0.2, 0) is 10.5 Å². The SMILES string of the molecule is COc1cccc(CSC(C)C(=O)NC(=O)NC2CC2)c1. The molecule has 6 heteroatoms. The zero-order chi connectivity index (χ0) is 15.2. The van der Waals surface area contributed by atoms with E-state index in [0.29, 0.717) is 5.75 Å². The number of hydrogen-bond acceptors (Lipinski definition) is 4. The number of urea groups is 1. The lowest BCUT2D eigenvalue weighted by molar-refractivity contribution is -0.119. The van der Waals surface area contributed by atoms with Crippen molar-refractivity contribution in [2.75, 3.05) is 7.11 Å². The molecule has 1 fully saturated rings. The summed E-state index contributed by atoms with van der Waals surface area (Å²) in [6.07, 6.45) is 2.00. The van der Waals surface area contributed by atoms with Gasteiger partial charge in [0.05, 0.1) is 12.4 Å². The third-order valence-corrected chi connectivity index (χ3v) is 4.37. The Balaban J connectivity index is 1.75. The van der Waals surface area contributed by atoms with E-state index in [4.69, 9.17) is 4.74 Å². The summed E-state index contributed by atoms with van der Waals surface area (Å²) in [6.45, 7) is 1.80. The lowest BCUT2D eigenvalue weighted by Gasteiger charge is -2.12. The lowest BCUT2D eigenvalue weighted by Crippen LogP contribution is -2.43. The highest BCUT2D eigenvalue weighted by molar-refractivity contribution is 7.99. The predicted molar refractivity (Wildman–Crippen MR) is 83.4 cm³/mol. The number of carbonyl (C=O) groups is 2. The minimum atomic E-state index is -0.392. The highest BCUT2D eigenvalue weighted by atomic mass is 32.2. The van der Waals surface area contributed by atoms with E-state index >= 15 is 0 Å². The first kappa shape index (κ1) is 15.7. The molecule has 0 aromatic heterocycles. The van der Waals surface area contributed by atoms with Crippen LogP contribution in [0.4, 0.5) is 4.79 Å². The summed E-state index contributed by atoms with van der Waals surface area (Å²) in [6, 6.07) is 7.58. The molecule has 1 unspecified atom stereocenters. The van der Waals surface area contributed by atoms with E-state index in [2.05, 4.69) is 10.6 Å². The second-order valence-electron chi connectivity index (χ2n) is 5.04. The molecule has 2 N–H and O–H groups in total. The van der Waals surface area contributed by atoms with E-state index in [1.807, 2.05) is 24.3 Å². The van der Waals surface area contributed by atoms with Gasteiger partial charge in [0.25, 0.3) is 0 Å². The van der Waals surface area contributed by atoms with Crippen LogP contribution in [-0.4, -0.2) is 30.3 Å². The minimum Gasteiger partial charge on any atom is -0.497 e. The molecule has 0 aliphatic heterocycles. The largest absolute Gasteiger partial charge is 0.497 e. The molecule has 1 aromatic rings. The molecule has 0 bridgehead atoms. The number of amides is 3. The molecule has 0 spiro atoms. The smallest absolute Gasteiger partial charge is 0.321 e. The van der Waals surface area contributed by atoms with Crippen molar-refractivity contribution >= 4 is 23.7 Å². The maximum atomic E-state index is 11.9. The van der Waals surface area contributed by atoms with Crippen molar-refractivity contribution < 1.29 is 14.3 Å². The maximum absolute atomic E-state index is 11.9. The van der Waals surface area contributed by atoms with Gasteiger partial charge >= 0.3 is 6.03 Å². The Morgan fingerprint density at radius 2 is 2.19 bits per heavy atom. The number of ether oxygens (including phenoxy) is 1. The fourth-order valence-corrected chi connectivity index (χ4v) is 2.55. The van der Waals surface area contributed by atoms with Gasteiger partial charge in [-0.15, -0.1) is 11.8 Å². The first-order valence-corrected chi connectivity index (χ1v) is 7.99. The van der Waals surface area contributed by atoms with Crippen molar-refractivity contribution in [2.24, 2.45) is 0 Å². The summed E-state index contributed by atoms with van der Waals surface area (Å²) < 4.78 is 5.16. The Hall–Kier alpha value is -1.69. The van der Waals surface area contributed by atoms with Gasteiger partial charge in [0.1, 0.15) is 5.75 Å². The normalized spacial score (nSPS) is 15.1. The van der Waals surface area contributed by atoms with E-state index in [0.717, 1.165) is 24.2 Å². The third-order valence-electron chi connectivity index (χ3n) is 3.15. The second kappa shape index (κ2) is 7.36. The van der Waals surface area contributed by atoms with Crippen molar-refractivity contribution in [3.8, 4) is 5.75 Å². The van der Waals surface area contributed by atoms with Crippen LogP contribution < -0.4 is 15.4 Å². The van der Waals surface area contributed by atoms with Crippen LogP contribution in [0.3, 0.4) is 0 Å². The molecular weight excluding hydrogens is 288 g/mol. The zero-order valence-electron chi connectivity index (χ0n) is 12.2. The number of nitrogens with one attached hydrogen (secondary N) is 2. The molecule has 5 nitrogen and oxygen atoms in total. The van der Waals surface area contributed by atoms with Crippen LogP contribution in [0.2, 0.25) is 0 Å². The average Bonchev–Trinajstić information content (AvgIpc) is 3.28. The molecule has 114 valence electrons. The first-order chi connectivity index (χ1) is 10.1. The van der Waals surface area contributed by atoms with Crippen molar-refractivity contribution in [2.45, 2.75) is 36.8 Å². The molecule has 0 saturated heterocycles. The Morgan fingerprint density at radius 1 is 1.43 bits per heavy atom. The second-order valence-corrected chi connectivity index (χ2v) is 6.37. The zero-order valence-corrected chi connectivity index (χ0v) is 13.0. The number of imide groups is 1. The molecule has 1 saturated carbocycles. The van der Waals surface area contributed by atoms with Gasteiger partial charge in [-0.25, -0.2) is 4.79 Å². The van der Waals surface area contributed by atoms with E-state index in [9.17, 15) is 9.59 Å². The van der Waals surface area contributed by atoms with Crippen molar-refractivity contribution in [3.63, 3.8) is 0 Å². The fourth-order valence-electron chi connectivity index (χ4n) is 1.72. The molecule has 2 rings (SSSR count). The average molecular weight is 308 g/mol. The Labute approximate surface area is 128 Å². The van der Waals surface area contributed by atoms with Gasteiger partial charge in [-0.2, -0.15) is 0 Å². The van der Waals surface area contributed by atoms with Crippen molar-refractivity contribution in [1.29, 1.82) is 0 Å². The van der Waals surface area contributed by atoms with Crippen LogP contribution >= 0.6 is 11.8 Å². The van der Waals surface area contributed by atoms with Crippen LogP contribution in [0.15, 0.2) is 24.3 Å². The summed E-state index contributed by atoms with van der Waals surface area (Å²) in [5.41, 5.74) is 1.08. The summed E-state index contributed by atoms with van der Waals surface area (Å²) in [7, 11) is 1.63. The van der Waals surface area contributed by atoms with Crippen molar-refractivity contribution in [3.05, 3.63) is 29.8 Å². The van der Waals surface area contributed by atoms with Crippen LogP contribution in [0, 0.1) is 0 Å². The number of thioether (sulfide) groups is 1. The van der Waals surface area contributed by atoms with Gasteiger partial charge in [0, 0.05) is 11.8 Å².